The average molecular weight is 327 g/mol. The van der Waals surface area contributed by atoms with E-state index >= 15 is 0 Å². The number of nitriles is 1. The van der Waals surface area contributed by atoms with E-state index in [0.29, 0.717) is 34.1 Å². The highest BCUT2D eigenvalue weighted by Crippen LogP contribution is 2.27. The Morgan fingerprint density at radius 3 is 2.48 bits per heavy atom. The number of carboxylic acids is 1. The number of nitrogens with zero attached hydrogens (tertiary/aromatic N) is 1. The van der Waals surface area contributed by atoms with Crippen LogP contribution in [0.3, 0.4) is 0 Å². The zero-order valence-corrected chi connectivity index (χ0v) is 13.1. The molecular weight excluding hydrogens is 314 g/mol. The van der Waals surface area contributed by atoms with E-state index in [1.807, 2.05) is 6.92 Å². The summed E-state index contributed by atoms with van der Waals surface area (Å²) in [6.45, 7) is 2.36. The Morgan fingerprint density at radius 1 is 1.26 bits per heavy atom. The predicted octanol–water partition coefficient (Wildman–Crippen LogP) is 3.17. The fourth-order valence-corrected chi connectivity index (χ4v) is 2.22. The first-order chi connectivity index (χ1) is 11.0. The number of rotatable bonds is 5. The van der Waals surface area contributed by atoms with Crippen LogP contribution in [0.1, 0.15) is 28.4 Å². The number of carbonyl (C=O) groups is 1. The monoisotopic (exact) mass is 326 g/mol. The summed E-state index contributed by atoms with van der Waals surface area (Å²) in [7, 11) is 0. The zero-order chi connectivity index (χ0) is 16.8. The van der Waals surface area contributed by atoms with E-state index < -0.39 is 5.97 Å². The van der Waals surface area contributed by atoms with Gasteiger partial charge in [0.25, 0.3) is 0 Å². The molecule has 0 saturated heterocycles. The topological polar surface area (TPSA) is 73.1 Å². The molecule has 0 atom stereocenters. The molecule has 0 heterocycles. The van der Waals surface area contributed by atoms with Crippen LogP contribution in [0.4, 0.5) is 0 Å². The van der Waals surface area contributed by atoms with E-state index in [1.54, 1.807) is 36.4 Å². The number of carboxylic acid groups (broad SMARTS) is 1. The van der Waals surface area contributed by atoms with Gasteiger partial charge in [-0.15, -0.1) is 0 Å². The minimum absolute atomic E-state index is 0.0591. The molecule has 4 nitrogen and oxygen atoms in total. The van der Waals surface area contributed by atoms with E-state index in [0.717, 1.165) is 0 Å². The van der Waals surface area contributed by atoms with Crippen molar-refractivity contribution in [2.24, 2.45) is 0 Å². The Kier molecular flexibility index (Phi) is 5.40. The third-order valence-electron chi connectivity index (χ3n) is 3.12. The van der Waals surface area contributed by atoms with Gasteiger partial charge in [-0.1, -0.05) is 35.9 Å². The molecule has 0 amide bonds. The first-order valence-electron chi connectivity index (χ1n) is 6.91. The van der Waals surface area contributed by atoms with Crippen LogP contribution in [0.5, 0.6) is 5.75 Å². The number of aromatic carboxylic acids is 1. The second kappa shape index (κ2) is 7.48. The summed E-state index contributed by atoms with van der Waals surface area (Å²) < 4.78 is 5.53. The maximum Gasteiger partial charge on any atom is 0.126 e. The van der Waals surface area contributed by atoms with Gasteiger partial charge >= 0.3 is 0 Å². The molecule has 0 aromatic heterocycles. The van der Waals surface area contributed by atoms with Gasteiger partial charge in [-0.25, -0.2) is 0 Å². The van der Waals surface area contributed by atoms with Crippen molar-refractivity contribution >= 4 is 29.2 Å². The largest absolute Gasteiger partial charge is 0.545 e. The van der Waals surface area contributed by atoms with Gasteiger partial charge in [0.05, 0.1) is 24.2 Å². The molecule has 2 aromatic carbocycles. The molecule has 0 N–H and O–H groups in total. The number of allylic oxidation sites excluding steroid dienone is 1. The fourth-order valence-electron chi connectivity index (χ4n) is 2.04. The maximum atomic E-state index is 10.8. The molecule has 0 aliphatic carbocycles. The Hall–Kier alpha value is -2.77. The maximum absolute atomic E-state index is 10.8. The van der Waals surface area contributed by atoms with E-state index in [4.69, 9.17) is 16.3 Å². The SMILES string of the molecule is CCOc1ccc(Cl)cc1/C=C(\C#N)c1ccc(C(=O)[O-])cc1. The lowest BCUT2D eigenvalue weighted by Crippen LogP contribution is -2.21. The van der Waals surface area contributed by atoms with Gasteiger partial charge in [0.2, 0.25) is 0 Å². The lowest BCUT2D eigenvalue weighted by atomic mass is 10.0. The number of ether oxygens (including phenoxy) is 1. The molecule has 23 heavy (non-hydrogen) atoms. The molecule has 5 heteroatoms. The van der Waals surface area contributed by atoms with Gasteiger partial charge in [0, 0.05) is 10.6 Å². The molecule has 2 rings (SSSR count). The molecule has 0 bridgehead atoms. The highest BCUT2D eigenvalue weighted by molar-refractivity contribution is 6.30. The average Bonchev–Trinajstić information content (AvgIpc) is 2.55. The number of benzene rings is 2. The Labute approximate surface area is 139 Å². The fraction of sp³-hybridized carbons (Fsp3) is 0.111. The number of hydrogen-bond donors (Lipinski definition) is 0. The molecule has 0 aliphatic heterocycles. The van der Waals surface area contributed by atoms with E-state index in [2.05, 4.69) is 6.07 Å². The van der Waals surface area contributed by atoms with Gasteiger partial charge < -0.3 is 14.6 Å². The number of hydrogen-bond acceptors (Lipinski definition) is 4. The summed E-state index contributed by atoms with van der Waals surface area (Å²) in [5.41, 5.74) is 1.71. The lowest BCUT2D eigenvalue weighted by Gasteiger charge is -2.09. The van der Waals surface area contributed by atoms with Crippen LogP contribution in [-0.4, -0.2) is 12.6 Å². The summed E-state index contributed by atoms with van der Waals surface area (Å²) in [6, 6.07) is 13.2. The van der Waals surface area contributed by atoms with Crippen LogP contribution in [0, 0.1) is 11.3 Å². The highest BCUT2D eigenvalue weighted by atomic mass is 35.5. The van der Waals surface area contributed by atoms with E-state index in [-0.39, 0.29) is 5.56 Å². The van der Waals surface area contributed by atoms with Crippen LogP contribution < -0.4 is 9.84 Å². The van der Waals surface area contributed by atoms with Gasteiger partial charge in [0.1, 0.15) is 5.75 Å². The Bertz CT molecular complexity index is 789. The van der Waals surface area contributed by atoms with Crippen LogP contribution in [-0.2, 0) is 0 Å². The third kappa shape index (κ3) is 4.12. The zero-order valence-electron chi connectivity index (χ0n) is 12.4. The van der Waals surface area contributed by atoms with Gasteiger partial charge in [-0.05, 0) is 42.3 Å². The van der Waals surface area contributed by atoms with Crippen molar-refractivity contribution in [3.8, 4) is 11.8 Å². The standard InChI is InChI=1S/C18H14ClNO3/c1-2-23-17-8-7-16(19)10-14(17)9-15(11-20)12-3-5-13(6-4-12)18(21)22/h3-10H,2H2,1H3,(H,21,22)/p-1/b15-9+. The van der Waals surface area contributed by atoms with Gasteiger partial charge in [0.15, 0.2) is 0 Å². The van der Waals surface area contributed by atoms with Crippen molar-refractivity contribution in [3.63, 3.8) is 0 Å². The van der Waals surface area contributed by atoms with Gasteiger partial charge in [-0.2, -0.15) is 5.26 Å². The summed E-state index contributed by atoms with van der Waals surface area (Å²) in [4.78, 5) is 10.8. The van der Waals surface area contributed by atoms with Crippen LogP contribution >= 0.6 is 11.6 Å². The van der Waals surface area contributed by atoms with E-state index in [9.17, 15) is 15.2 Å². The van der Waals surface area contributed by atoms with E-state index in [1.165, 1.54) is 12.1 Å². The molecule has 0 aliphatic rings. The summed E-state index contributed by atoms with van der Waals surface area (Å²) in [5, 5.41) is 20.7. The number of carbonyl (C=O) groups excluding carboxylic acids is 1. The van der Waals surface area contributed by atoms with Crippen molar-refractivity contribution in [1.82, 2.24) is 0 Å². The summed E-state index contributed by atoms with van der Waals surface area (Å²) in [5.74, 6) is -0.636. The molecule has 0 saturated carbocycles. The lowest BCUT2D eigenvalue weighted by molar-refractivity contribution is -0.255. The second-order valence-electron chi connectivity index (χ2n) is 4.65. The minimum Gasteiger partial charge on any atom is -0.545 e. The molecular formula is C18H13ClNO3-. The molecule has 2 aromatic rings. The smallest absolute Gasteiger partial charge is 0.126 e. The molecule has 0 unspecified atom stereocenters. The quantitative estimate of drug-likeness (QED) is 0.625. The molecule has 0 fully saturated rings. The predicted molar refractivity (Wildman–Crippen MR) is 86.9 cm³/mol. The summed E-state index contributed by atoms with van der Waals surface area (Å²) >= 11 is 6.01. The van der Waals surface area contributed by atoms with Crippen molar-refractivity contribution in [2.45, 2.75) is 6.92 Å². The van der Waals surface area contributed by atoms with Crippen molar-refractivity contribution < 1.29 is 14.6 Å². The summed E-state index contributed by atoms with van der Waals surface area (Å²) in [6.07, 6.45) is 1.66. The van der Waals surface area contributed by atoms with Crippen LogP contribution in [0.15, 0.2) is 42.5 Å². The molecule has 116 valence electrons. The first-order valence-corrected chi connectivity index (χ1v) is 7.29. The van der Waals surface area contributed by atoms with Crippen molar-refractivity contribution in [3.05, 3.63) is 64.2 Å². The van der Waals surface area contributed by atoms with Crippen LogP contribution in [0.25, 0.3) is 11.6 Å². The van der Waals surface area contributed by atoms with Crippen LogP contribution in [0.2, 0.25) is 5.02 Å². The minimum atomic E-state index is -1.26. The normalized spacial score (nSPS) is 10.9. The highest BCUT2D eigenvalue weighted by Gasteiger charge is 2.07. The van der Waals surface area contributed by atoms with Crippen molar-refractivity contribution in [2.75, 3.05) is 6.61 Å². The van der Waals surface area contributed by atoms with Gasteiger partial charge in [-0.3, -0.25) is 0 Å². The first kappa shape index (κ1) is 16.6. The Morgan fingerprint density at radius 2 is 1.91 bits per heavy atom. The molecule has 0 radical (unpaired) electrons. The number of halogens is 1. The second-order valence-corrected chi connectivity index (χ2v) is 5.09. The third-order valence-corrected chi connectivity index (χ3v) is 3.36. The Balaban J connectivity index is 2.45. The molecule has 0 spiro atoms. The van der Waals surface area contributed by atoms with Crippen molar-refractivity contribution in [1.29, 1.82) is 5.26 Å².